The first-order valence-electron chi connectivity index (χ1n) is 6.20. The number of aromatic nitrogens is 1. The average molecular weight is 274 g/mol. The number of hydrogen-bond acceptors (Lipinski definition) is 4. The molecule has 0 saturated heterocycles. The van der Waals surface area contributed by atoms with Crippen LogP contribution in [0, 0.1) is 0 Å². The van der Waals surface area contributed by atoms with E-state index in [1.54, 1.807) is 7.11 Å². The highest BCUT2D eigenvalue weighted by Crippen LogP contribution is 2.25. The molecule has 2 aromatic rings. The Bertz CT molecular complexity index is 557. The van der Waals surface area contributed by atoms with E-state index in [1.165, 1.54) is 0 Å². The van der Waals surface area contributed by atoms with E-state index < -0.39 is 0 Å². The van der Waals surface area contributed by atoms with E-state index in [0.29, 0.717) is 0 Å². The van der Waals surface area contributed by atoms with Crippen molar-refractivity contribution in [2.75, 3.05) is 30.5 Å². The molecule has 2 rings (SSSR count). The summed E-state index contributed by atoms with van der Waals surface area (Å²) in [5.74, 6) is 3.78. The van der Waals surface area contributed by atoms with Crippen molar-refractivity contribution in [3.8, 4) is 5.75 Å². The Balaban J connectivity index is 2.10. The van der Waals surface area contributed by atoms with E-state index >= 15 is 0 Å². The summed E-state index contributed by atoms with van der Waals surface area (Å²) in [5, 5.41) is 5.63. The summed E-state index contributed by atoms with van der Waals surface area (Å²) in [6, 6.07) is 8.04. The molecule has 3 nitrogen and oxygen atoms in total. The summed E-state index contributed by atoms with van der Waals surface area (Å²) in [6.45, 7) is 4.60. The standard InChI is InChI=1S/C15H18N2OS/c1-3-9-19-10-8-17-15-14-11-13(18-2)5-4-12(14)6-7-16-15/h3-7,11H,1,8-10H2,2H3,(H,16,17). The van der Waals surface area contributed by atoms with Crippen molar-refractivity contribution in [1.82, 2.24) is 4.98 Å². The Morgan fingerprint density at radius 2 is 2.32 bits per heavy atom. The molecule has 0 unspecified atom stereocenters. The number of anilines is 1. The molecule has 0 aliphatic carbocycles. The highest BCUT2D eigenvalue weighted by atomic mass is 32.2. The summed E-state index contributed by atoms with van der Waals surface area (Å²) in [6.07, 6.45) is 3.75. The quantitative estimate of drug-likeness (QED) is 0.618. The van der Waals surface area contributed by atoms with Crippen molar-refractivity contribution in [2.24, 2.45) is 0 Å². The number of pyridine rings is 1. The largest absolute Gasteiger partial charge is 0.497 e. The van der Waals surface area contributed by atoms with Gasteiger partial charge in [0.2, 0.25) is 0 Å². The van der Waals surface area contributed by atoms with Crippen LogP contribution in [0.15, 0.2) is 43.1 Å². The van der Waals surface area contributed by atoms with Crippen molar-refractivity contribution in [3.05, 3.63) is 43.1 Å². The molecule has 1 aromatic heterocycles. The van der Waals surface area contributed by atoms with Gasteiger partial charge < -0.3 is 10.1 Å². The Morgan fingerprint density at radius 1 is 1.42 bits per heavy atom. The third-order valence-corrected chi connectivity index (χ3v) is 3.71. The van der Waals surface area contributed by atoms with Gasteiger partial charge in [-0.25, -0.2) is 4.98 Å². The maximum atomic E-state index is 5.26. The molecule has 0 fully saturated rings. The van der Waals surface area contributed by atoms with Gasteiger partial charge in [-0.3, -0.25) is 0 Å². The summed E-state index contributed by atoms with van der Waals surface area (Å²) < 4.78 is 5.26. The number of fused-ring (bicyclic) bond motifs is 1. The second-order valence-corrected chi connectivity index (χ2v) is 5.19. The minimum absolute atomic E-state index is 0.851. The summed E-state index contributed by atoms with van der Waals surface area (Å²) in [5.41, 5.74) is 0. The minimum Gasteiger partial charge on any atom is -0.497 e. The number of nitrogens with zero attached hydrogens (tertiary/aromatic N) is 1. The zero-order valence-corrected chi connectivity index (χ0v) is 11.9. The molecule has 0 saturated carbocycles. The lowest BCUT2D eigenvalue weighted by Gasteiger charge is -2.09. The van der Waals surface area contributed by atoms with E-state index in [0.717, 1.165) is 40.4 Å². The third-order valence-electron chi connectivity index (χ3n) is 2.75. The predicted octanol–water partition coefficient (Wildman–Crippen LogP) is 3.57. The van der Waals surface area contributed by atoms with E-state index in [4.69, 9.17) is 4.74 Å². The van der Waals surface area contributed by atoms with Gasteiger partial charge in [-0.15, -0.1) is 6.58 Å². The SMILES string of the molecule is C=CCSCCNc1nccc2ccc(OC)cc12. The molecule has 19 heavy (non-hydrogen) atoms. The van der Waals surface area contributed by atoms with E-state index in [-0.39, 0.29) is 0 Å². The molecule has 0 atom stereocenters. The predicted molar refractivity (Wildman–Crippen MR) is 84.3 cm³/mol. The van der Waals surface area contributed by atoms with E-state index in [9.17, 15) is 0 Å². The third kappa shape index (κ3) is 3.64. The molecule has 4 heteroatoms. The molecular weight excluding hydrogens is 256 g/mol. The molecule has 1 heterocycles. The number of ether oxygens (including phenoxy) is 1. The van der Waals surface area contributed by atoms with Crippen molar-refractivity contribution in [2.45, 2.75) is 0 Å². The first-order valence-corrected chi connectivity index (χ1v) is 7.36. The van der Waals surface area contributed by atoms with Gasteiger partial charge in [0.25, 0.3) is 0 Å². The highest BCUT2D eigenvalue weighted by Gasteiger charge is 2.03. The molecule has 1 aromatic carbocycles. The smallest absolute Gasteiger partial charge is 0.133 e. The van der Waals surface area contributed by atoms with Gasteiger partial charge in [-0.1, -0.05) is 12.1 Å². The van der Waals surface area contributed by atoms with Crippen molar-refractivity contribution >= 4 is 28.4 Å². The first-order chi connectivity index (χ1) is 9.35. The molecule has 0 bridgehead atoms. The zero-order chi connectivity index (χ0) is 13.5. The number of benzene rings is 1. The molecule has 100 valence electrons. The molecule has 0 radical (unpaired) electrons. The van der Waals surface area contributed by atoms with Crippen LogP contribution in [-0.2, 0) is 0 Å². The number of rotatable bonds is 7. The molecule has 1 N–H and O–H groups in total. The Morgan fingerprint density at radius 3 is 3.11 bits per heavy atom. The van der Waals surface area contributed by atoms with Crippen LogP contribution in [0.25, 0.3) is 10.8 Å². The van der Waals surface area contributed by atoms with Crippen molar-refractivity contribution < 1.29 is 4.74 Å². The summed E-state index contributed by atoms with van der Waals surface area (Å²) in [4.78, 5) is 4.40. The Labute approximate surface area is 118 Å². The van der Waals surface area contributed by atoms with Crippen LogP contribution in [0.5, 0.6) is 5.75 Å². The van der Waals surface area contributed by atoms with Gasteiger partial charge >= 0.3 is 0 Å². The first kappa shape index (κ1) is 13.7. The fourth-order valence-electron chi connectivity index (χ4n) is 1.82. The van der Waals surface area contributed by atoms with Crippen LogP contribution < -0.4 is 10.1 Å². The van der Waals surface area contributed by atoms with Crippen molar-refractivity contribution in [1.29, 1.82) is 0 Å². The lowest BCUT2D eigenvalue weighted by Crippen LogP contribution is -2.06. The molecule has 0 aliphatic heterocycles. The Kier molecular flexibility index (Phi) is 5.10. The second-order valence-electron chi connectivity index (χ2n) is 4.04. The highest BCUT2D eigenvalue weighted by molar-refractivity contribution is 7.99. The fourth-order valence-corrected chi connectivity index (χ4v) is 2.40. The lowest BCUT2D eigenvalue weighted by molar-refractivity contribution is 0.415. The monoisotopic (exact) mass is 274 g/mol. The van der Waals surface area contributed by atoms with Gasteiger partial charge in [0.15, 0.2) is 0 Å². The molecule has 0 aliphatic rings. The normalized spacial score (nSPS) is 10.4. The second kappa shape index (κ2) is 7.04. The molecule has 0 spiro atoms. The summed E-state index contributed by atoms with van der Waals surface area (Å²) in [7, 11) is 1.68. The van der Waals surface area contributed by atoms with Crippen LogP contribution in [0.3, 0.4) is 0 Å². The van der Waals surface area contributed by atoms with Crippen LogP contribution in [-0.4, -0.2) is 30.1 Å². The maximum Gasteiger partial charge on any atom is 0.133 e. The molecular formula is C15H18N2OS. The number of thioether (sulfide) groups is 1. The topological polar surface area (TPSA) is 34.2 Å². The van der Waals surface area contributed by atoms with Gasteiger partial charge in [0, 0.05) is 29.6 Å². The number of methoxy groups -OCH3 is 1. The number of nitrogens with one attached hydrogen (secondary N) is 1. The van der Waals surface area contributed by atoms with Crippen LogP contribution >= 0.6 is 11.8 Å². The zero-order valence-electron chi connectivity index (χ0n) is 11.1. The Hall–Kier alpha value is -1.68. The van der Waals surface area contributed by atoms with Crippen LogP contribution in [0.4, 0.5) is 5.82 Å². The molecule has 0 amide bonds. The van der Waals surface area contributed by atoms with E-state index in [1.807, 2.05) is 48.3 Å². The lowest BCUT2D eigenvalue weighted by atomic mass is 10.1. The maximum absolute atomic E-state index is 5.26. The van der Waals surface area contributed by atoms with Crippen molar-refractivity contribution in [3.63, 3.8) is 0 Å². The van der Waals surface area contributed by atoms with Crippen LogP contribution in [0.2, 0.25) is 0 Å². The number of hydrogen-bond donors (Lipinski definition) is 1. The fraction of sp³-hybridized carbons (Fsp3) is 0.267. The van der Waals surface area contributed by atoms with Gasteiger partial charge in [0.1, 0.15) is 11.6 Å². The van der Waals surface area contributed by atoms with E-state index in [2.05, 4.69) is 16.9 Å². The van der Waals surface area contributed by atoms with Gasteiger partial charge in [-0.2, -0.15) is 11.8 Å². The minimum atomic E-state index is 0.851. The van der Waals surface area contributed by atoms with Crippen LogP contribution in [0.1, 0.15) is 0 Å². The average Bonchev–Trinajstić information content (AvgIpc) is 2.46. The van der Waals surface area contributed by atoms with Gasteiger partial charge in [-0.05, 0) is 23.6 Å². The van der Waals surface area contributed by atoms with Gasteiger partial charge in [0.05, 0.1) is 7.11 Å². The summed E-state index contributed by atoms with van der Waals surface area (Å²) >= 11 is 1.85.